The number of benzene rings is 1. The highest BCUT2D eigenvalue weighted by molar-refractivity contribution is 7.91. The normalized spacial score (nSPS) is 11.9. The van der Waals surface area contributed by atoms with Gasteiger partial charge in [-0.25, -0.2) is 13.2 Å². The quantitative estimate of drug-likeness (QED) is 0.782. The minimum atomic E-state index is -3.56. The summed E-state index contributed by atoms with van der Waals surface area (Å²) < 4.78 is 30.0. The van der Waals surface area contributed by atoms with Crippen LogP contribution < -0.4 is 0 Å². The zero-order chi connectivity index (χ0) is 16.2. The van der Waals surface area contributed by atoms with E-state index in [2.05, 4.69) is 0 Å². The van der Waals surface area contributed by atoms with Crippen LogP contribution in [-0.4, -0.2) is 38.5 Å². The van der Waals surface area contributed by atoms with E-state index in [1.807, 2.05) is 13.8 Å². The Bertz CT molecular complexity index is 617. The third-order valence-electron chi connectivity index (χ3n) is 3.15. The maximum atomic E-state index is 12.4. The summed E-state index contributed by atoms with van der Waals surface area (Å²) in [5, 5.41) is 9.05. The predicted octanol–water partition coefficient (Wildman–Crippen LogP) is 2.45. The number of ether oxygens (including phenoxy) is 1. The van der Waals surface area contributed by atoms with Crippen molar-refractivity contribution in [2.24, 2.45) is 5.92 Å². The Morgan fingerprint density at radius 1 is 1.29 bits per heavy atom. The Balaban J connectivity index is 2.99. The minimum Gasteiger partial charge on any atom is -0.478 e. The fraction of sp³-hybridized carbons (Fsp3) is 0.533. The van der Waals surface area contributed by atoms with Gasteiger partial charge in [0.05, 0.1) is 22.8 Å². The van der Waals surface area contributed by atoms with Crippen molar-refractivity contribution in [3.05, 3.63) is 28.8 Å². The molecule has 21 heavy (non-hydrogen) atoms. The zero-order valence-electron chi connectivity index (χ0n) is 12.8. The van der Waals surface area contributed by atoms with Crippen LogP contribution in [0.1, 0.15) is 35.3 Å². The van der Waals surface area contributed by atoms with Crippen LogP contribution in [0.4, 0.5) is 0 Å². The number of sulfone groups is 1. The first-order valence-corrected chi connectivity index (χ1v) is 8.45. The van der Waals surface area contributed by atoms with Gasteiger partial charge in [0.1, 0.15) is 0 Å². The lowest BCUT2D eigenvalue weighted by Crippen LogP contribution is -2.16. The monoisotopic (exact) mass is 314 g/mol. The Kier molecular flexibility index (Phi) is 5.92. The molecular weight excluding hydrogens is 292 g/mol. The SMILES string of the molecule is Cc1cc(C(=O)O)cc(S(=O)(=O)CCOCC(C)C)c1C. The van der Waals surface area contributed by atoms with Gasteiger partial charge >= 0.3 is 5.97 Å². The van der Waals surface area contributed by atoms with Gasteiger partial charge in [0.15, 0.2) is 9.84 Å². The van der Waals surface area contributed by atoms with E-state index in [-0.39, 0.29) is 22.8 Å². The molecule has 0 saturated heterocycles. The van der Waals surface area contributed by atoms with Crippen molar-refractivity contribution < 1.29 is 23.1 Å². The first-order valence-electron chi connectivity index (χ1n) is 6.80. The number of hydrogen-bond acceptors (Lipinski definition) is 4. The number of carbonyl (C=O) groups is 1. The topological polar surface area (TPSA) is 80.7 Å². The molecule has 1 N–H and O–H groups in total. The highest BCUT2D eigenvalue weighted by Gasteiger charge is 2.20. The number of aromatic carboxylic acids is 1. The van der Waals surface area contributed by atoms with Crippen LogP contribution in [0.3, 0.4) is 0 Å². The second-order valence-electron chi connectivity index (χ2n) is 5.51. The smallest absolute Gasteiger partial charge is 0.335 e. The van der Waals surface area contributed by atoms with Crippen LogP contribution in [0.2, 0.25) is 0 Å². The summed E-state index contributed by atoms with van der Waals surface area (Å²) in [5.41, 5.74) is 1.22. The van der Waals surface area contributed by atoms with Gasteiger partial charge in [-0.3, -0.25) is 0 Å². The molecule has 1 aromatic rings. The first kappa shape index (κ1) is 17.7. The first-order chi connectivity index (χ1) is 9.65. The number of carboxylic acid groups (broad SMARTS) is 1. The molecule has 0 aliphatic carbocycles. The predicted molar refractivity (Wildman–Crippen MR) is 80.6 cm³/mol. The maximum absolute atomic E-state index is 12.4. The second kappa shape index (κ2) is 7.04. The average Bonchev–Trinajstić information content (AvgIpc) is 2.37. The van der Waals surface area contributed by atoms with Crippen molar-refractivity contribution in [1.29, 1.82) is 0 Å². The van der Waals surface area contributed by atoms with E-state index in [1.54, 1.807) is 13.8 Å². The molecule has 0 aromatic heterocycles. The van der Waals surface area contributed by atoms with E-state index in [4.69, 9.17) is 9.84 Å². The van der Waals surface area contributed by atoms with Gasteiger partial charge in [0, 0.05) is 6.61 Å². The lowest BCUT2D eigenvalue weighted by atomic mass is 10.1. The molecule has 0 bridgehead atoms. The van der Waals surface area contributed by atoms with Crippen LogP contribution in [0.15, 0.2) is 17.0 Å². The minimum absolute atomic E-state index is 0.0141. The van der Waals surface area contributed by atoms with Crippen molar-refractivity contribution in [3.8, 4) is 0 Å². The number of rotatable bonds is 7. The van der Waals surface area contributed by atoms with Crippen LogP contribution in [-0.2, 0) is 14.6 Å². The highest BCUT2D eigenvalue weighted by Crippen LogP contribution is 2.22. The third kappa shape index (κ3) is 4.82. The summed E-state index contributed by atoms with van der Waals surface area (Å²) in [6, 6.07) is 2.70. The van der Waals surface area contributed by atoms with Crippen molar-refractivity contribution in [2.45, 2.75) is 32.6 Å². The fourth-order valence-electron chi connectivity index (χ4n) is 1.87. The summed E-state index contributed by atoms with van der Waals surface area (Å²) in [6.45, 7) is 7.97. The number of hydrogen-bond donors (Lipinski definition) is 1. The van der Waals surface area contributed by atoms with E-state index in [1.165, 1.54) is 12.1 Å². The van der Waals surface area contributed by atoms with Gasteiger partial charge in [-0.1, -0.05) is 13.8 Å². The van der Waals surface area contributed by atoms with Crippen LogP contribution in [0.5, 0.6) is 0 Å². The Labute approximate surface area is 125 Å². The molecule has 0 heterocycles. The Hall–Kier alpha value is -1.40. The molecule has 0 radical (unpaired) electrons. The molecule has 5 nitrogen and oxygen atoms in total. The highest BCUT2D eigenvalue weighted by atomic mass is 32.2. The fourth-order valence-corrected chi connectivity index (χ4v) is 3.36. The van der Waals surface area contributed by atoms with Crippen LogP contribution >= 0.6 is 0 Å². The van der Waals surface area contributed by atoms with Gasteiger partial charge in [-0.05, 0) is 43.0 Å². The molecule has 0 unspecified atom stereocenters. The Morgan fingerprint density at radius 3 is 2.43 bits per heavy atom. The molecule has 0 saturated carbocycles. The van der Waals surface area contributed by atoms with E-state index in [0.717, 1.165) is 0 Å². The summed E-state index contributed by atoms with van der Waals surface area (Å²) in [5.74, 6) is -0.944. The average molecular weight is 314 g/mol. The molecule has 0 atom stereocenters. The largest absolute Gasteiger partial charge is 0.478 e. The molecule has 0 spiro atoms. The molecule has 1 rings (SSSR count). The van der Waals surface area contributed by atoms with E-state index in [0.29, 0.717) is 23.7 Å². The van der Waals surface area contributed by atoms with Crippen molar-refractivity contribution >= 4 is 15.8 Å². The molecule has 0 aliphatic rings. The van der Waals surface area contributed by atoms with Crippen LogP contribution in [0, 0.1) is 19.8 Å². The van der Waals surface area contributed by atoms with Crippen molar-refractivity contribution in [1.82, 2.24) is 0 Å². The molecule has 0 fully saturated rings. The van der Waals surface area contributed by atoms with Gasteiger partial charge in [-0.15, -0.1) is 0 Å². The summed E-state index contributed by atoms with van der Waals surface area (Å²) in [4.78, 5) is 11.1. The van der Waals surface area contributed by atoms with Gasteiger partial charge in [0.25, 0.3) is 0 Å². The van der Waals surface area contributed by atoms with Crippen LogP contribution in [0.25, 0.3) is 0 Å². The number of aryl methyl sites for hydroxylation is 1. The molecule has 6 heteroatoms. The summed E-state index contributed by atoms with van der Waals surface area (Å²) in [6.07, 6.45) is 0. The van der Waals surface area contributed by atoms with E-state index < -0.39 is 15.8 Å². The lowest BCUT2D eigenvalue weighted by Gasteiger charge is -2.12. The third-order valence-corrected chi connectivity index (χ3v) is 4.95. The Morgan fingerprint density at radius 2 is 1.90 bits per heavy atom. The zero-order valence-corrected chi connectivity index (χ0v) is 13.7. The maximum Gasteiger partial charge on any atom is 0.335 e. The molecule has 0 amide bonds. The molecule has 0 aliphatic heterocycles. The summed E-state index contributed by atoms with van der Waals surface area (Å²) in [7, 11) is -3.56. The standard InChI is InChI=1S/C15H22O5S/c1-10(2)9-20-5-6-21(18,19)14-8-13(15(16)17)7-11(3)12(14)4/h7-8,10H,5-6,9H2,1-4H3,(H,16,17). The van der Waals surface area contributed by atoms with Gasteiger partial charge in [0.2, 0.25) is 0 Å². The molecule has 118 valence electrons. The number of carboxylic acids is 1. The van der Waals surface area contributed by atoms with E-state index >= 15 is 0 Å². The lowest BCUT2D eigenvalue weighted by molar-refractivity contribution is 0.0696. The second-order valence-corrected chi connectivity index (χ2v) is 7.59. The van der Waals surface area contributed by atoms with Gasteiger partial charge < -0.3 is 9.84 Å². The molecule has 1 aromatic carbocycles. The van der Waals surface area contributed by atoms with Gasteiger partial charge in [-0.2, -0.15) is 0 Å². The van der Waals surface area contributed by atoms with Crippen molar-refractivity contribution in [3.63, 3.8) is 0 Å². The summed E-state index contributed by atoms with van der Waals surface area (Å²) >= 11 is 0. The van der Waals surface area contributed by atoms with E-state index in [9.17, 15) is 13.2 Å². The molecular formula is C15H22O5S. The van der Waals surface area contributed by atoms with Crippen molar-refractivity contribution in [2.75, 3.05) is 19.0 Å².